The van der Waals surface area contributed by atoms with Crippen molar-refractivity contribution in [2.24, 2.45) is 16.6 Å². The molecule has 0 heterocycles. The first-order chi connectivity index (χ1) is 11.6. The SMILES string of the molecule is CCOc1ccc(OCC)c(NC(N)=NCC(=O)NCC2CC2)c1.I. The normalized spacial score (nSPS) is 13.6. The van der Waals surface area contributed by atoms with E-state index in [0.29, 0.717) is 36.3 Å². The van der Waals surface area contributed by atoms with Gasteiger partial charge in [0, 0.05) is 12.6 Å². The molecule has 8 heteroatoms. The van der Waals surface area contributed by atoms with E-state index in [2.05, 4.69) is 15.6 Å². The fourth-order valence-corrected chi connectivity index (χ4v) is 2.12. The van der Waals surface area contributed by atoms with Gasteiger partial charge in [0.15, 0.2) is 5.96 Å². The number of hydrogen-bond acceptors (Lipinski definition) is 4. The number of rotatable bonds is 9. The molecule has 0 saturated heterocycles. The van der Waals surface area contributed by atoms with Crippen LogP contribution in [0.25, 0.3) is 0 Å². The number of anilines is 1. The van der Waals surface area contributed by atoms with Gasteiger partial charge in [-0.05, 0) is 44.7 Å². The Kier molecular flexibility index (Phi) is 9.40. The van der Waals surface area contributed by atoms with Gasteiger partial charge in [0.1, 0.15) is 18.0 Å². The number of benzene rings is 1. The summed E-state index contributed by atoms with van der Waals surface area (Å²) < 4.78 is 11.0. The molecule has 1 aromatic rings. The van der Waals surface area contributed by atoms with Crippen LogP contribution in [-0.2, 0) is 4.79 Å². The summed E-state index contributed by atoms with van der Waals surface area (Å²) >= 11 is 0. The van der Waals surface area contributed by atoms with Crippen LogP contribution in [-0.4, -0.2) is 38.2 Å². The van der Waals surface area contributed by atoms with Gasteiger partial charge >= 0.3 is 0 Å². The second-order valence-corrected chi connectivity index (χ2v) is 5.60. The van der Waals surface area contributed by atoms with Crippen LogP contribution in [0.4, 0.5) is 5.69 Å². The molecule has 0 radical (unpaired) electrons. The minimum atomic E-state index is -0.125. The van der Waals surface area contributed by atoms with E-state index >= 15 is 0 Å². The summed E-state index contributed by atoms with van der Waals surface area (Å²) in [5.41, 5.74) is 6.53. The van der Waals surface area contributed by atoms with Crippen LogP contribution in [0.3, 0.4) is 0 Å². The van der Waals surface area contributed by atoms with E-state index in [9.17, 15) is 4.79 Å². The van der Waals surface area contributed by atoms with Crippen LogP contribution in [0.1, 0.15) is 26.7 Å². The van der Waals surface area contributed by atoms with E-state index in [1.807, 2.05) is 26.0 Å². The number of carbonyl (C=O) groups is 1. The van der Waals surface area contributed by atoms with Gasteiger partial charge < -0.3 is 25.8 Å². The lowest BCUT2D eigenvalue weighted by Gasteiger charge is -2.14. The van der Waals surface area contributed by atoms with E-state index in [-0.39, 0.29) is 42.4 Å². The van der Waals surface area contributed by atoms with Gasteiger partial charge in [-0.1, -0.05) is 0 Å². The summed E-state index contributed by atoms with van der Waals surface area (Å²) in [7, 11) is 0. The van der Waals surface area contributed by atoms with Crippen molar-refractivity contribution in [3.63, 3.8) is 0 Å². The van der Waals surface area contributed by atoms with Crippen LogP contribution in [0.2, 0.25) is 0 Å². The second kappa shape index (κ2) is 11.0. The average molecular weight is 462 g/mol. The molecule has 0 bridgehead atoms. The van der Waals surface area contributed by atoms with Crippen molar-refractivity contribution < 1.29 is 14.3 Å². The predicted molar refractivity (Wildman–Crippen MR) is 110 cm³/mol. The number of aliphatic imine (C=N–C) groups is 1. The third-order valence-electron chi connectivity index (χ3n) is 3.50. The van der Waals surface area contributed by atoms with Crippen LogP contribution in [0.15, 0.2) is 23.2 Å². The monoisotopic (exact) mass is 462 g/mol. The first kappa shape index (κ1) is 21.3. The van der Waals surface area contributed by atoms with Gasteiger partial charge in [0.05, 0.1) is 18.9 Å². The number of nitrogens with zero attached hydrogens (tertiary/aromatic N) is 1. The molecule has 2 rings (SSSR count). The Morgan fingerprint density at radius 3 is 2.64 bits per heavy atom. The molecule has 0 spiro atoms. The maximum atomic E-state index is 11.7. The van der Waals surface area contributed by atoms with Gasteiger partial charge in [0.25, 0.3) is 0 Å². The van der Waals surface area contributed by atoms with Gasteiger partial charge in [-0.15, -0.1) is 24.0 Å². The number of nitrogens with two attached hydrogens (primary N) is 1. The maximum absolute atomic E-state index is 11.7. The van der Waals surface area contributed by atoms with Gasteiger partial charge in [-0.2, -0.15) is 0 Å². The lowest BCUT2D eigenvalue weighted by atomic mass is 10.2. The van der Waals surface area contributed by atoms with E-state index < -0.39 is 0 Å². The highest BCUT2D eigenvalue weighted by Crippen LogP contribution is 2.29. The molecular formula is C17H27IN4O3. The number of guanidine groups is 1. The van der Waals surface area contributed by atoms with E-state index in [4.69, 9.17) is 15.2 Å². The Hall–Kier alpha value is -1.71. The fourth-order valence-electron chi connectivity index (χ4n) is 2.12. The van der Waals surface area contributed by atoms with Crippen molar-refractivity contribution in [3.05, 3.63) is 18.2 Å². The molecule has 1 aliphatic carbocycles. The van der Waals surface area contributed by atoms with Crippen molar-refractivity contribution in [2.75, 3.05) is 31.6 Å². The summed E-state index contributed by atoms with van der Waals surface area (Å²) in [6, 6.07) is 5.44. The molecule has 0 aromatic heterocycles. The van der Waals surface area contributed by atoms with Crippen molar-refractivity contribution >= 4 is 41.5 Å². The molecule has 1 aliphatic rings. The third kappa shape index (κ3) is 7.80. The summed E-state index contributed by atoms with van der Waals surface area (Å²) in [5, 5.41) is 5.82. The van der Waals surface area contributed by atoms with E-state index in [0.717, 1.165) is 6.54 Å². The van der Waals surface area contributed by atoms with Crippen LogP contribution >= 0.6 is 24.0 Å². The number of hydrogen-bond donors (Lipinski definition) is 3. The molecule has 1 saturated carbocycles. The van der Waals surface area contributed by atoms with Gasteiger partial charge in [-0.25, -0.2) is 4.99 Å². The average Bonchev–Trinajstić information content (AvgIpc) is 3.38. The number of carbonyl (C=O) groups excluding carboxylic acids is 1. The summed E-state index contributed by atoms with van der Waals surface area (Å²) in [6.07, 6.45) is 2.40. The second-order valence-electron chi connectivity index (χ2n) is 5.60. The number of nitrogens with one attached hydrogen (secondary N) is 2. The smallest absolute Gasteiger partial charge is 0.241 e. The molecule has 0 unspecified atom stereocenters. The molecule has 140 valence electrons. The Bertz CT molecular complexity index is 591. The van der Waals surface area contributed by atoms with E-state index in [1.165, 1.54) is 12.8 Å². The zero-order chi connectivity index (χ0) is 17.4. The number of halogens is 1. The molecule has 4 N–H and O–H groups in total. The van der Waals surface area contributed by atoms with Crippen LogP contribution in [0, 0.1) is 5.92 Å². The topological polar surface area (TPSA) is 98.0 Å². The van der Waals surface area contributed by atoms with Crippen molar-refractivity contribution in [1.29, 1.82) is 0 Å². The highest BCUT2D eigenvalue weighted by atomic mass is 127. The standard InChI is InChI=1S/C17H26N4O3.HI/c1-3-23-13-7-8-15(24-4-2)14(9-13)21-17(18)20-11-16(22)19-10-12-5-6-12;/h7-9,12H,3-6,10-11H2,1-2H3,(H,19,22)(H3,18,20,21);1H. The molecule has 0 aliphatic heterocycles. The van der Waals surface area contributed by atoms with Crippen LogP contribution < -0.4 is 25.8 Å². The van der Waals surface area contributed by atoms with Gasteiger partial charge in [-0.3, -0.25) is 4.79 Å². The van der Waals surface area contributed by atoms with Gasteiger partial charge in [0.2, 0.25) is 5.91 Å². The Morgan fingerprint density at radius 2 is 2.00 bits per heavy atom. The van der Waals surface area contributed by atoms with Crippen molar-refractivity contribution in [2.45, 2.75) is 26.7 Å². The largest absolute Gasteiger partial charge is 0.494 e. The lowest BCUT2D eigenvalue weighted by Crippen LogP contribution is -2.30. The summed E-state index contributed by atoms with van der Waals surface area (Å²) in [5.74, 6) is 2.03. The molecule has 1 aromatic carbocycles. The third-order valence-corrected chi connectivity index (χ3v) is 3.50. The number of ether oxygens (including phenoxy) is 2. The molecule has 1 fully saturated rings. The zero-order valence-electron chi connectivity index (χ0n) is 14.7. The van der Waals surface area contributed by atoms with Crippen LogP contribution in [0.5, 0.6) is 11.5 Å². The fraction of sp³-hybridized carbons (Fsp3) is 0.529. The Morgan fingerprint density at radius 1 is 1.28 bits per heavy atom. The first-order valence-corrected chi connectivity index (χ1v) is 8.35. The molecule has 7 nitrogen and oxygen atoms in total. The molecular weight excluding hydrogens is 435 g/mol. The Labute approximate surface area is 165 Å². The summed E-state index contributed by atoms with van der Waals surface area (Å²) in [6.45, 7) is 5.65. The highest BCUT2D eigenvalue weighted by Gasteiger charge is 2.21. The number of amides is 1. The lowest BCUT2D eigenvalue weighted by molar-refractivity contribution is -0.119. The molecule has 0 atom stereocenters. The van der Waals surface area contributed by atoms with Crippen molar-refractivity contribution in [3.8, 4) is 11.5 Å². The highest BCUT2D eigenvalue weighted by molar-refractivity contribution is 14.0. The van der Waals surface area contributed by atoms with E-state index in [1.54, 1.807) is 6.07 Å². The first-order valence-electron chi connectivity index (χ1n) is 8.35. The molecule has 1 amide bonds. The maximum Gasteiger partial charge on any atom is 0.241 e. The molecule has 25 heavy (non-hydrogen) atoms. The van der Waals surface area contributed by atoms with Crippen molar-refractivity contribution in [1.82, 2.24) is 5.32 Å². The Balaban J connectivity index is 0.00000312. The predicted octanol–water partition coefficient (Wildman–Crippen LogP) is 2.35. The zero-order valence-corrected chi connectivity index (χ0v) is 17.0. The minimum absolute atomic E-state index is 0. The minimum Gasteiger partial charge on any atom is -0.494 e. The summed E-state index contributed by atoms with van der Waals surface area (Å²) in [4.78, 5) is 15.8. The quantitative estimate of drug-likeness (QED) is 0.298.